The van der Waals surface area contributed by atoms with Crippen molar-refractivity contribution in [2.45, 2.75) is 20.8 Å². The molecule has 1 rings (SSSR count). The van der Waals surface area contributed by atoms with Gasteiger partial charge in [0.2, 0.25) is 5.91 Å². The minimum atomic E-state index is -0.235. The number of rotatable bonds is 3. The third-order valence-electron chi connectivity index (χ3n) is 1.66. The monoisotopic (exact) mass is 224 g/mol. The second-order valence-electron chi connectivity index (χ2n) is 2.98. The molecule has 1 aromatic rings. The standard InChI is InChI=1S/C10H12N2O2S/c1-4-5-8(14)12-10-11-6(2)9(15-10)7(3)13/h4-5H,1-3H3,(H,11,12,14)/b5-4+. The SMILES string of the molecule is C/C=C/C(=O)Nc1nc(C)c(C(C)=O)s1. The summed E-state index contributed by atoms with van der Waals surface area (Å²) >= 11 is 1.20. The first kappa shape index (κ1) is 11.6. The number of carbonyl (C=O) groups is 2. The van der Waals surface area contributed by atoms with E-state index in [4.69, 9.17) is 0 Å². The van der Waals surface area contributed by atoms with E-state index in [1.807, 2.05) is 0 Å². The smallest absolute Gasteiger partial charge is 0.249 e. The Kier molecular flexibility index (Phi) is 3.74. The number of hydrogen-bond acceptors (Lipinski definition) is 4. The van der Waals surface area contributed by atoms with Gasteiger partial charge in [-0.05, 0) is 19.9 Å². The van der Waals surface area contributed by atoms with Crippen molar-refractivity contribution in [2.75, 3.05) is 5.32 Å². The summed E-state index contributed by atoms with van der Waals surface area (Å²) in [4.78, 5) is 27.0. The fraction of sp³-hybridized carbons (Fsp3) is 0.300. The van der Waals surface area contributed by atoms with Crippen LogP contribution < -0.4 is 5.32 Å². The van der Waals surface area contributed by atoms with Gasteiger partial charge >= 0.3 is 0 Å². The van der Waals surface area contributed by atoms with Gasteiger partial charge in [-0.1, -0.05) is 17.4 Å². The van der Waals surface area contributed by atoms with Crippen LogP contribution in [0.5, 0.6) is 0 Å². The third-order valence-corrected chi connectivity index (χ3v) is 2.84. The van der Waals surface area contributed by atoms with Crippen LogP contribution >= 0.6 is 11.3 Å². The molecule has 0 saturated heterocycles. The summed E-state index contributed by atoms with van der Waals surface area (Å²) in [5.41, 5.74) is 0.656. The molecular formula is C10H12N2O2S. The zero-order valence-corrected chi connectivity index (χ0v) is 9.64. The minimum absolute atomic E-state index is 0.0310. The van der Waals surface area contributed by atoms with Crippen molar-refractivity contribution in [3.63, 3.8) is 0 Å². The molecule has 0 atom stereocenters. The molecule has 0 unspecified atom stereocenters. The number of Topliss-reactive ketones (excluding diaryl/α,β-unsaturated/α-hetero) is 1. The van der Waals surface area contributed by atoms with Crippen molar-refractivity contribution in [2.24, 2.45) is 0 Å². The number of ketones is 1. The average Bonchev–Trinajstić information content (AvgIpc) is 2.47. The highest BCUT2D eigenvalue weighted by Gasteiger charge is 2.11. The van der Waals surface area contributed by atoms with E-state index in [-0.39, 0.29) is 11.7 Å². The molecule has 1 aromatic heterocycles. The summed E-state index contributed by atoms with van der Waals surface area (Å²) in [6.45, 7) is 4.99. The number of thiazole rings is 1. The van der Waals surface area contributed by atoms with Crippen LogP contribution in [0.3, 0.4) is 0 Å². The van der Waals surface area contributed by atoms with Crippen molar-refractivity contribution < 1.29 is 9.59 Å². The topological polar surface area (TPSA) is 59.1 Å². The van der Waals surface area contributed by atoms with Crippen molar-refractivity contribution in [3.8, 4) is 0 Å². The van der Waals surface area contributed by atoms with Gasteiger partial charge in [0.25, 0.3) is 0 Å². The Balaban J connectivity index is 2.84. The van der Waals surface area contributed by atoms with Crippen LogP contribution in [0.1, 0.15) is 29.2 Å². The maximum atomic E-state index is 11.2. The number of nitrogens with one attached hydrogen (secondary N) is 1. The van der Waals surface area contributed by atoms with Crippen LogP contribution in [-0.4, -0.2) is 16.7 Å². The highest BCUT2D eigenvalue weighted by Crippen LogP contribution is 2.22. The highest BCUT2D eigenvalue weighted by atomic mass is 32.1. The van der Waals surface area contributed by atoms with Crippen LogP contribution in [0, 0.1) is 6.92 Å². The first-order valence-electron chi connectivity index (χ1n) is 4.46. The molecule has 15 heavy (non-hydrogen) atoms. The molecule has 1 heterocycles. The molecule has 1 amide bonds. The third kappa shape index (κ3) is 2.99. The summed E-state index contributed by atoms with van der Waals surface area (Å²) in [6.07, 6.45) is 3.05. The minimum Gasteiger partial charge on any atom is -0.298 e. The second-order valence-corrected chi connectivity index (χ2v) is 3.98. The molecule has 0 aliphatic heterocycles. The molecule has 5 heteroatoms. The first-order valence-corrected chi connectivity index (χ1v) is 5.28. The van der Waals surface area contributed by atoms with Gasteiger partial charge in [-0.3, -0.25) is 14.9 Å². The molecule has 0 radical (unpaired) electrons. The molecule has 0 saturated carbocycles. The van der Waals surface area contributed by atoms with Gasteiger partial charge in [-0.15, -0.1) is 0 Å². The van der Waals surface area contributed by atoms with E-state index in [1.165, 1.54) is 24.3 Å². The summed E-state index contributed by atoms with van der Waals surface area (Å²) in [5, 5.41) is 3.05. The van der Waals surface area contributed by atoms with Gasteiger partial charge in [0, 0.05) is 6.92 Å². The predicted octanol–water partition coefficient (Wildman–Crippen LogP) is 2.17. The number of aryl methyl sites for hydroxylation is 1. The van der Waals surface area contributed by atoms with E-state index in [2.05, 4.69) is 10.3 Å². The molecule has 0 aromatic carbocycles. The van der Waals surface area contributed by atoms with Crippen LogP contribution in [-0.2, 0) is 4.79 Å². The second kappa shape index (κ2) is 4.84. The maximum absolute atomic E-state index is 11.2. The average molecular weight is 224 g/mol. The van der Waals surface area contributed by atoms with Gasteiger partial charge in [0.05, 0.1) is 10.6 Å². The lowest BCUT2D eigenvalue weighted by atomic mass is 10.3. The summed E-state index contributed by atoms with van der Waals surface area (Å²) in [5.74, 6) is -0.266. The Labute approximate surface area is 92.0 Å². The van der Waals surface area contributed by atoms with Crippen LogP contribution in [0.2, 0.25) is 0 Å². The molecule has 4 nitrogen and oxygen atoms in total. The van der Waals surface area contributed by atoms with Crippen molar-refractivity contribution in [3.05, 3.63) is 22.7 Å². The lowest BCUT2D eigenvalue weighted by Crippen LogP contribution is -2.07. The first-order chi connectivity index (χ1) is 7.04. The number of amides is 1. The number of aromatic nitrogens is 1. The number of allylic oxidation sites excluding steroid dienone is 1. The van der Waals surface area contributed by atoms with E-state index in [9.17, 15) is 9.59 Å². The lowest BCUT2D eigenvalue weighted by Gasteiger charge is -1.93. The van der Waals surface area contributed by atoms with Crippen LogP contribution in [0.4, 0.5) is 5.13 Å². The van der Waals surface area contributed by atoms with Gasteiger partial charge in [0.1, 0.15) is 0 Å². The van der Waals surface area contributed by atoms with E-state index in [0.29, 0.717) is 15.7 Å². The predicted molar refractivity (Wildman–Crippen MR) is 60.3 cm³/mol. The van der Waals surface area contributed by atoms with E-state index < -0.39 is 0 Å². The van der Waals surface area contributed by atoms with E-state index in [1.54, 1.807) is 19.9 Å². The zero-order valence-electron chi connectivity index (χ0n) is 8.83. The van der Waals surface area contributed by atoms with Gasteiger partial charge in [-0.2, -0.15) is 0 Å². The quantitative estimate of drug-likeness (QED) is 0.632. The zero-order chi connectivity index (χ0) is 11.4. The summed E-state index contributed by atoms with van der Waals surface area (Å²) in [7, 11) is 0. The van der Waals surface area contributed by atoms with Gasteiger partial charge < -0.3 is 0 Å². The number of anilines is 1. The Morgan fingerprint density at radius 3 is 2.60 bits per heavy atom. The van der Waals surface area contributed by atoms with Crippen LogP contribution in [0.15, 0.2) is 12.2 Å². The largest absolute Gasteiger partial charge is 0.298 e. The molecule has 1 N–H and O–H groups in total. The van der Waals surface area contributed by atoms with Crippen LogP contribution in [0.25, 0.3) is 0 Å². The normalized spacial score (nSPS) is 10.6. The number of carbonyl (C=O) groups excluding carboxylic acids is 2. The number of hydrogen-bond donors (Lipinski definition) is 1. The Morgan fingerprint density at radius 2 is 2.13 bits per heavy atom. The molecular weight excluding hydrogens is 212 g/mol. The molecule has 0 fully saturated rings. The molecule has 80 valence electrons. The maximum Gasteiger partial charge on any atom is 0.249 e. The summed E-state index contributed by atoms with van der Waals surface area (Å²) < 4.78 is 0. The van der Waals surface area contributed by atoms with E-state index in [0.717, 1.165) is 0 Å². The Hall–Kier alpha value is -1.49. The fourth-order valence-electron chi connectivity index (χ4n) is 1.07. The van der Waals surface area contributed by atoms with Crippen molar-refractivity contribution in [1.82, 2.24) is 4.98 Å². The molecule has 0 aliphatic rings. The van der Waals surface area contributed by atoms with E-state index >= 15 is 0 Å². The highest BCUT2D eigenvalue weighted by molar-refractivity contribution is 7.17. The lowest BCUT2D eigenvalue weighted by molar-refractivity contribution is -0.111. The Morgan fingerprint density at radius 1 is 1.47 bits per heavy atom. The molecule has 0 bridgehead atoms. The Bertz CT molecular complexity index is 421. The van der Waals surface area contributed by atoms with Crippen molar-refractivity contribution in [1.29, 1.82) is 0 Å². The van der Waals surface area contributed by atoms with Crippen molar-refractivity contribution >= 4 is 28.2 Å². The molecule has 0 aliphatic carbocycles. The van der Waals surface area contributed by atoms with Gasteiger partial charge in [-0.25, -0.2) is 4.98 Å². The fourth-order valence-corrected chi connectivity index (χ4v) is 1.94. The number of nitrogens with zero attached hydrogens (tertiary/aromatic N) is 1. The molecule has 0 spiro atoms. The van der Waals surface area contributed by atoms with Gasteiger partial charge in [0.15, 0.2) is 10.9 Å². The summed E-state index contributed by atoms with van der Waals surface area (Å²) in [6, 6.07) is 0.